The molecule has 5 heavy (non-hydrogen) atoms. The molecule has 0 aliphatic rings. The van der Waals surface area contributed by atoms with Gasteiger partial charge in [-0.05, 0) is 10.7 Å². The first-order chi connectivity index (χ1) is 1.91. The van der Waals surface area contributed by atoms with Crippen LogP contribution in [0, 0.1) is 10.7 Å². The molecule has 0 radical (unpaired) electrons. The molecule has 1 nitrogen and oxygen atoms in total. The number of hydrogen-bond acceptors (Lipinski definition) is 2. The van der Waals surface area contributed by atoms with Crippen molar-refractivity contribution in [1.82, 2.24) is 0 Å². The Hall–Kier alpha value is 1.13. The Morgan fingerprint density at radius 1 is 1.80 bits per heavy atom. The molecule has 0 bridgehead atoms. The fraction of sp³-hybridized carbons (Fsp3) is 0. The minimum atomic E-state index is 0. The number of nitriles is 1. The van der Waals surface area contributed by atoms with Crippen LogP contribution >= 0.6 is 21.7 Å². The van der Waals surface area contributed by atoms with Crippen LogP contribution in [0.15, 0.2) is 0 Å². The van der Waals surface area contributed by atoms with Crippen LogP contribution in [-0.2, 0) is 0 Å². The van der Waals surface area contributed by atoms with Gasteiger partial charge in [0.15, 0.2) is 0 Å². The molecule has 0 heterocycles. The van der Waals surface area contributed by atoms with Crippen molar-refractivity contribution < 1.29 is 0 Å². The molecule has 0 saturated carbocycles. The summed E-state index contributed by atoms with van der Waals surface area (Å²) in [5, 5.41) is 9.07. The normalized spacial score (nSPS) is 4.00. The Bertz CT molecular complexity index is 41.4. The molecule has 0 unspecified atom stereocenters. The summed E-state index contributed by atoms with van der Waals surface area (Å²) in [6, 6.07) is 0. The molecular formula is CHClNNaS. The summed E-state index contributed by atoms with van der Waals surface area (Å²) < 4.78 is 0. The maximum atomic E-state index is 7.46. The first-order valence-corrected chi connectivity index (χ1v) is 2.22. The van der Waals surface area contributed by atoms with Crippen molar-refractivity contribution in [3.05, 3.63) is 0 Å². The van der Waals surface area contributed by atoms with Gasteiger partial charge in [0, 0.05) is 0 Å². The second-order valence-corrected chi connectivity index (χ2v) is 0.968. The van der Waals surface area contributed by atoms with Gasteiger partial charge < -0.3 is 0 Å². The van der Waals surface area contributed by atoms with E-state index in [1.54, 1.807) is 5.40 Å². The van der Waals surface area contributed by atoms with Crippen LogP contribution in [0.25, 0.3) is 0 Å². The van der Waals surface area contributed by atoms with Gasteiger partial charge in [0.1, 0.15) is 5.40 Å². The molecule has 0 rings (SSSR count). The molecule has 4 heteroatoms. The van der Waals surface area contributed by atoms with Gasteiger partial charge in [-0.1, -0.05) is 0 Å². The Kier molecular flexibility index (Phi) is 16.9. The summed E-state index contributed by atoms with van der Waals surface area (Å²) in [6.45, 7) is 0. The molecule has 0 spiro atoms. The minimum absolute atomic E-state index is 0. The fourth-order valence-corrected chi connectivity index (χ4v) is 0. The van der Waals surface area contributed by atoms with Crippen molar-refractivity contribution in [3.63, 3.8) is 0 Å². The standard InChI is InChI=1S/CClNS.Na.H/c2-4-1-3;;. The molecule has 0 N–H and O–H groups in total. The molecule has 0 amide bonds. The van der Waals surface area contributed by atoms with E-state index >= 15 is 0 Å². The van der Waals surface area contributed by atoms with Gasteiger partial charge in [-0.25, -0.2) is 0 Å². The second-order valence-electron chi connectivity index (χ2n) is 0.168. The molecule has 0 aromatic heterocycles. The van der Waals surface area contributed by atoms with Crippen LogP contribution < -0.4 is 0 Å². The summed E-state index contributed by atoms with van der Waals surface area (Å²) in [5.74, 6) is 0. The van der Waals surface area contributed by atoms with E-state index < -0.39 is 0 Å². The zero-order valence-electron chi connectivity index (χ0n) is 1.73. The Balaban J connectivity index is 0. The van der Waals surface area contributed by atoms with Gasteiger partial charge in [0.2, 0.25) is 0 Å². The van der Waals surface area contributed by atoms with Gasteiger partial charge in [-0.2, -0.15) is 5.26 Å². The van der Waals surface area contributed by atoms with Gasteiger partial charge in [0.25, 0.3) is 0 Å². The average Bonchev–Trinajstić information content (AvgIpc) is 1.37. The number of thiocyanates is 1. The quantitative estimate of drug-likeness (QED) is 0.345. The predicted molar refractivity (Wildman–Crippen MR) is 26.2 cm³/mol. The zero-order valence-corrected chi connectivity index (χ0v) is 3.31. The summed E-state index contributed by atoms with van der Waals surface area (Å²) in [6.07, 6.45) is 0. The molecule has 0 aliphatic heterocycles. The van der Waals surface area contributed by atoms with E-state index in [0.29, 0.717) is 11.0 Å². The molecular weight excluding hydrogens is 117 g/mol. The van der Waals surface area contributed by atoms with Crippen molar-refractivity contribution in [2.45, 2.75) is 0 Å². The summed E-state index contributed by atoms with van der Waals surface area (Å²) in [5.41, 5.74) is 0. The fourth-order valence-electron chi connectivity index (χ4n) is 0. The van der Waals surface area contributed by atoms with Gasteiger partial charge in [-0.15, -0.1) is 0 Å². The maximum absolute atomic E-state index is 7.46. The molecule has 0 aromatic rings. The molecule has 0 saturated heterocycles. The molecule has 0 fully saturated rings. The van der Waals surface area contributed by atoms with E-state index in [1.807, 2.05) is 0 Å². The topological polar surface area (TPSA) is 23.8 Å². The SMILES string of the molecule is N#CSCl.[NaH]. The van der Waals surface area contributed by atoms with Crippen molar-refractivity contribution in [1.29, 1.82) is 5.26 Å². The molecule has 24 valence electrons. The van der Waals surface area contributed by atoms with Crippen LogP contribution in [0.2, 0.25) is 0 Å². The van der Waals surface area contributed by atoms with Gasteiger partial charge in [-0.3, -0.25) is 0 Å². The predicted octanol–water partition coefficient (Wildman–Crippen LogP) is 0.706. The van der Waals surface area contributed by atoms with Crippen LogP contribution in [0.4, 0.5) is 0 Å². The molecule has 0 aromatic carbocycles. The van der Waals surface area contributed by atoms with Crippen LogP contribution in [0.1, 0.15) is 0 Å². The molecule has 0 atom stereocenters. The summed E-state index contributed by atoms with van der Waals surface area (Å²) in [4.78, 5) is 0. The van der Waals surface area contributed by atoms with Gasteiger partial charge >= 0.3 is 29.6 Å². The third kappa shape index (κ3) is 11.1. The van der Waals surface area contributed by atoms with E-state index in [-0.39, 0.29) is 29.6 Å². The zero-order chi connectivity index (χ0) is 3.41. The van der Waals surface area contributed by atoms with Crippen molar-refractivity contribution in [2.75, 3.05) is 0 Å². The van der Waals surface area contributed by atoms with E-state index in [4.69, 9.17) is 15.9 Å². The van der Waals surface area contributed by atoms with Gasteiger partial charge in [0.05, 0.1) is 11.0 Å². The second kappa shape index (κ2) is 8.93. The van der Waals surface area contributed by atoms with Crippen molar-refractivity contribution in [3.8, 4) is 5.40 Å². The Morgan fingerprint density at radius 2 is 2.00 bits per heavy atom. The first-order valence-electron chi connectivity index (χ1n) is 0.582. The number of halogens is 1. The van der Waals surface area contributed by atoms with E-state index in [2.05, 4.69) is 0 Å². The Labute approximate surface area is 61.5 Å². The van der Waals surface area contributed by atoms with E-state index in [0.717, 1.165) is 0 Å². The van der Waals surface area contributed by atoms with Crippen molar-refractivity contribution in [2.24, 2.45) is 0 Å². The Morgan fingerprint density at radius 3 is 2.00 bits per heavy atom. The number of hydrogen-bond donors (Lipinski definition) is 0. The van der Waals surface area contributed by atoms with E-state index in [9.17, 15) is 0 Å². The van der Waals surface area contributed by atoms with Crippen molar-refractivity contribution >= 4 is 51.2 Å². The first kappa shape index (κ1) is 9.46. The molecule has 0 aliphatic carbocycles. The monoisotopic (exact) mass is 117 g/mol. The van der Waals surface area contributed by atoms with Crippen LogP contribution in [0.3, 0.4) is 0 Å². The number of rotatable bonds is 0. The number of nitrogens with zero attached hydrogens (tertiary/aromatic N) is 1. The van der Waals surface area contributed by atoms with Crippen LogP contribution in [0.5, 0.6) is 0 Å². The third-order valence-corrected chi connectivity index (χ3v) is 0.311. The summed E-state index contributed by atoms with van der Waals surface area (Å²) in [7, 11) is 5.38. The van der Waals surface area contributed by atoms with E-state index in [1.165, 1.54) is 0 Å². The third-order valence-electron chi connectivity index (χ3n) is 0.0345. The van der Waals surface area contributed by atoms with Crippen LogP contribution in [-0.4, -0.2) is 29.6 Å². The average molecular weight is 118 g/mol. The summed E-state index contributed by atoms with van der Waals surface area (Å²) >= 11 is 0.